The summed E-state index contributed by atoms with van der Waals surface area (Å²) in [6.45, 7) is 3.90. The van der Waals surface area contributed by atoms with Gasteiger partial charge in [0.1, 0.15) is 17.2 Å². The topological polar surface area (TPSA) is 66.2 Å². The molecule has 4 rings (SSSR count). The number of aryl methyl sites for hydroxylation is 1. The van der Waals surface area contributed by atoms with Gasteiger partial charge in [-0.2, -0.15) is 0 Å². The number of likely N-dealkylation sites (N-methyl/N-ethyl adjacent to an activating group) is 2. The van der Waals surface area contributed by atoms with Crippen LogP contribution in [0.4, 0.5) is 0 Å². The lowest BCUT2D eigenvalue weighted by Gasteiger charge is -2.54. The van der Waals surface area contributed by atoms with Gasteiger partial charge in [0.15, 0.2) is 5.76 Å². The summed E-state index contributed by atoms with van der Waals surface area (Å²) in [5.74, 6) is 0.334. The van der Waals surface area contributed by atoms with E-state index in [2.05, 4.69) is 0 Å². The Hall–Kier alpha value is -2.38. The van der Waals surface area contributed by atoms with Crippen LogP contribution in [0.1, 0.15) is 16.1 Å². The van der Waals surface area contributed by atoms with Crippen LogP contribution in [0.2, 0.25) is 0 Å². The van der Waals surface area contributed by atoms with Crippen molar-refractivity contribution >= 4 is 22.8 Å². The molecule has 0 bridgehead atoms. The quantitative estimate of drug-likeness (QED) is 0.797. The summed E-state index contributed by atoms with van der Waals surface area (Å²) < 4.78 is 11.8. The van der Waals surface area contributed by atoms with E-state index in [0.29, 0.717) is 32.0 Å². The van der Waals surface area contributed by atoms with Crippen molar-refractivity contribution in [2.45, 2.75) is 18.6 Å². The summed E-state index contributed by atoms with van der Waals surface area (Å²) in [6, 6.07) is 7.40. The number of hydrogen-bond donors (Lipinski definition) is 0. The molecule has 0 aliphatic carbocycles. The van der Waals surface area contributed by atoms with Crippen LogP contribution in [-0.4, -0.2) is 85.5 Å². The normalized spacial score (nSPS) is 22.1. The average molecular weight is 371 g/mol. The molecule has 27 heavy (non-hydrogen) atoms. The summed E-state index contributed by atoms with van der Waals surface area (Å²) in [4.78, 5) is 30.5. The van der Waals surface area contributed by atoms with E-state index in [0.717, 1.165) is 16.5 Å². The molecule has 2 aliphatic rings. The minimum atomic E-state index is -0.395. The zero-order valence-electron chi connectivity index (χ0n) is 16.2. The van der Waals surface area contributed by atoms with Gasteiger partial charge in [0.2, 0.25) is 5.91 Å². The molecule has 1 spiro atoms. The number of hydrogen-bond acceptors (Lipinski definition) is 5. The number of fused-ring (bicyclic) bond motifs is 1. The zero-order valence-corrected chi connectivity index (χ0v) is 16.2. The molecule has 3 heterocycles. The lowest BCUT2D eigenvalue weighted by atomic mass is 9.90. The monoisotopic (exact) mass is 371 g/mol. The highest BCUT2D eigenvalue weighted by molar-refractivity contribution is 5.99. The summed E-state index contributed by atoms with van der Waals surface area (Å²) >= 11 is 0. The molecule has 1 atom stereocenters. The number of rotatable bonds is 2. The van der Waals surface area contributed by atoms with E-state index in [9.17, 15) is 9.59 Å². The minimum Gasteiger partial charge on any atom is -0.451 e. The molecule has 0 N–H and O–H groups in total. The van der Waals surface area contributed by atoms with Crippen LogP contribution < -0.4 is 0 Å². The average Bonchev–Trinajstić information content (AvgIpc) is 2.95. The van der Waals surface area contributed by atoms with E-state index < -0.39 is 5.60 Å². The Morgan fingerprint density at radius 2 is 1.89 bits per heavy atom. The molecule has 7 heteroatoms. The molecule has 2 aromatic rings. The van der Waals surface area contributed by atoms with Crippen molar-refractivity contribution in [3.63, 3.8) is 0 Å². The second-order valence-corrected chi connectivity index (χ2v) is 7.87. The number of benzene rings is 1. The molecule has 2 aliphatic heterocycles. The summed E-state index contributed by atoms with van der Waals surface area (Å²) in [6.07, 6.45) is 0. The molecule has 2 fully saturated rings. The Morgan fingerprint density at radius 3 is 2.52 bits per heavy atom. The number of nitrogens with zero attached hydrogens (tertiary/aromatic N) is 3. The Kier molecular flexibility index (Phi) is 4.24. The van der Waals surface area contributed by atoms with Crippen molar-refractivity contribution in [1.82, 2.24) is 14.7 Å². The Morgan fingerprint density at radius 1 is 1.19 bits per heavy atom. The van der Waals surface area contributed by atoms with E-state index in [1.807, 2.05) is 43.1 Å². The SMILES string of the molecule is Cc1c(C(=O)N2CC3(C2)CN(C)[C@H](C(=O)N(C)C)CO3)oc2ccccc12. The number of likely N-dealkylation sites (tertiary alicyclic amines) is 1. The molecule has 2 amide bonds. The number of morpholine rings is 1. The van der Waals surface area contributed by atoms with Gasteiger partial charge in [-0.05, 0) is 20.0 Å². The van der Waals surface area contributed by atoms with Crippen LogP contribution in [0.15, 0.2) is 28.7 Å². The number of amides is 2. The predicted octanol–water partition coefficient (Wildman–Crippen LogP) is 1.35. The van der Waals surface area contributed by atoms with Crippen molar-refractivity contribution in [2.24, 2.45) is 0 Å². The second-order valence-electron chi connectivity index (χ2n) is 7.87. The van der Waals surface area contributed by atoms with E-state index in [-0.39, 0.29) is 17.9 Å². The van der Waals surface area contributed by atoms with Crippen LogP contribution in [0, 0.1) is 6.92 Å². The Bertz CT molecular complexity index is 898. The lowest BCUT2D eigenvalue weighted by Crippen LogP contribution is -2.73. The lowest BCUT2D eigenvalue weighted by molar-refractivity contribution is -0.190. The van der Waals surface area contributed by atoms with E-state index in [1.54, 1.807) is 23.9 Å². The van der Waals surface area contributed by atoms with Gasteiger partial charge in [0.05, 0.1) is 19.7 Å². The molecule has 1 aromatic carbocycles. The smallest absolute Gasteiger partial charge is 0.290 e. The first kappa shape index (κ1) is 18.0. The van der Waals surface area contributed by atoms with Crippen LogP contribution in [0.3, 0.4) is 0 Å². The van der Waals surface area contributed by atoms with E-state index >= 15 is 0 Å². The fourth-order valence-corrected chi connectivity index (χ4v) is 4.06. The maximum Gasteiger partial charge on any atom is 0.290 e. The maximum absolute atomic E-state index is 12.9. The van der Waals surface area contributed by atoms with Gasteiger partial charge in [0.25, 0.3) is 5.91 Å². The van der Waals surface area contributed by atoms with Crippen LogP contribution in [-0.2, 0) is 9.53 Å². The van der Waals surface area contributed by atoms with Gasteiger partial charge in [-0.3, -0.25) is 14.5 Å². The van der Waals surface area contributed by atoms with Gasteiger partial charge >= 0.3 is 0 Å². The van der Waals surface area contributed by atoms with Gasteiger partial charge in [-0.15, -0.1) is 0 Å². The number of carbonyl (C=O) groups excluding carboxylic acids is 2. The molecule has 7 nitrogen and oxygen atoms in total. The highest BCUT2D eigenvalue weighted by Gasteiger charge is 2.52. The first-order valence-corrected chi connectivity index (χ1v) is 9.14. The molecule has 0 radical (unpaired) electrons. The van der Waals surface area contributed by atoms with E-state index in [1.165, 1.54) is 0 Å². The number of carbonyl (C=O) groups is 2. The van der Waals surface area contributed by atoms with Gasteiger partial charge < -0.3 is 19.0 Å². The molecule has 0 saturated carbocycles. The van der Waals surface area contributed by atoms with Crippen molar-refractivity contribution in [2.75, 3.05) is 47.4 Å². The predicted molar refractivity (Wildman–Crippen MR) is 101 cm³/mol. The van der Waals surface area contributed by atoms with Crippen LogP contribution in [0.25, 0.3) is 11.0 Å². The summed E-state index contributed by atoms with van der Waals surface area (Å²) in [5.41, 5.74) is 1.20. The molecular weight excluding hydrogens is 346 g/mol. The number of ether oxygens (including phenoxy) is 1. The first-order valence-electron chi connectivity index (χ1n) is 9.14. The Labute approximate surface area is 158 Å². The molecular formula is C20H25N3O4. The third kappa shape index (κ3) is 2.91. The van der Waals surface area contributed by atoms with Crippen molar-refractivity contribution < 1.29 is 18.7 Å². The van der Waals surface area contributed by atoms with Crippen molar-refractivity contribution in [3.8, 4) is 0 Å². The molecule has 1 aromatic heterocycles. The molecule has 2 saturated heterocycles. The molecule has 0 unspecified atom stereocenters. The van der Waals surface area contributed by atoms with Crippen LogP contribution in [0.5, 0.6) is 0 Å². The van der Waals surface area contributed by atoms with Crippen molar-refractivity contribution in [1.29, 1.82) is 0 Å². The first-order chi connectivity index (χ1) is 12.8. The van der Waals surface area contributed by atoms with Gasteiger partial charge in [-0.25, -0.2) is 0 Å². The zero-order chi connectivity index (χ0) is 19.3. The van der Waals surface area contributed by atoms with Gasteiger partial charge in [0, 0.05) is 31.6 Å². The maximum atomic E-state index is 12.9. The summed E-state index contributed by atoms with van der Waals surface area (Å²) in [7, 11) is 5.43. The number of para-hydroxylation sites is 1. The second kappa shape index (κ2) is 6.35. The van der Waals surface area contributed by atoms with Crippen LogP contribution >= 0.6 is 0 Å². The largest absolute Gasteiger partial charge is 0.451 e. The standard InChI is InChI=1S/C20H25N3O4/c1-13-14-7-5-6-8-16(14)27-17(13)19(25)23-11-20(12-23)10-22(4)15(9-26-20)18(24)21(2)3/h5-8,15H,9-12H2,1-4H3/t15-/m0/s1. The van der Waals surface area contributed by atoms with Crippen molar-refractivity contribution in [3.05, 3.63) is 35.6 Å². The Balaban J connectivity index is 1.44. The summed E-state index contributed by atoms with van der Waals surface area (Å²) in [5, 5.41) is 0.967. The fourth-order valence-electron chi connectivity index (χ4n) is 4.06. The molecule has 144 valence electrons. The number of furan rings is 1. The highest BCUT2D eigenvalue weighted by Crippen LogP contribution is 2.34. The third-order valence-corrected chi connectivity index (χ3v) is 5.63. The third-order valence-electron chi connectivity index (χ3n) is 5.63. The fraction of sp³-hybridized carbons (Fsp3) is 0.500. The van der Waals surface area contributed by atoms with Gasteiger partial charge in [-0.1, -0.05) is 18.2 Å². The highest BCUT2D eigenvalue weighted by atomic mass is 16.5. The van der Waals surface area contributed by atoms with E-state index in [4.69, 9.17) is 9.15 Å². The minimum absolute atomic E-state index is 0.0394.